The van der Waals surface area contributed by atoms with Gasteiger partial charge >= 0.3 is 0 Å². The van der Waals surface area contributed by atoms with Gasteiger partial charge in [0.2, 0.25) is 5.91 Å². The molecule has 0 saturated heterocycles. The molecule has 0 radical (unpaired) electrons. The van der Waals surface area contributed by atoms with E-state index < -0.39 is 0 Å². The molecular weight excluding hydrogens is 438 g/mol. The van der Waals surface area contributed by atoms with Crippen molar-refractivity contribution >= 4 is 16.9 Å². The highest BCUT2D eigenvalue weighted by Gasteiger charge is 2.27. The van der Waals surface area contributed by atoms with Crippen molar-refractivity contribution in [1.82, 2.24) is 14.9 Å². The Labute approximate surface area is 211 Å². The van der Waals surface area contributed by atoms with Gasteiger partial charge in [-0.3, -0.25) is 4.79 Å². The lowest BCUT2D eigenvalue weighted by molar-refractivity contribution is -0.118. The Hall–Kier alpha value is -3.02. The van der Waals surface area contributed by atoms with Crippen LogP contribution in [0.1, 0.15) is 90.4 Å². The van der Waals surface area contributed by atoms with E-state index >= 15 is 0 Å². The largest absolute Gasteiger partial charge is 0.512 e. The number of allylic oxidation sites excluding steroid dienone is 1. The zero-order valence-corrected chi connectivity index (χ0v) is 22.7. The van der Waals surface area contributed by atoms with E-state index in [-0.39, 0.29) is 11.9 Å². The monoisotopic (exact) mass is 483 g/mol. The minimum absolute atomic E-state index is 0.0303. The van der Waals surface area contributed by atoms with Gasteiger partial charge in [-0.2, -0.15) is 0 Å². The van der Waals surface area contributed by atoms with E-state index in [9.17, 15) is 4.79 Å². The van der Waals surface area contributed by atoms with Crippen molar-refractivity contribution in [3.63, 3.8) is 0 Å². The van der Waals surface area contributed by atoms with E-state index in [1.807, 2.05) is 20.8 Å². The number of fused-ring (bicyclic) bond motifs is 1. The number of ether oxygens (including phenoxy) is 1. The van der Waals surface area contributed by atoms with Gasteiger partial charge in [-0.25, -0.2) is 4.98 Å². The van der Waals surface area contributed by atoms with Crippen LogP contribution in [-0.2, 0) is 16.6 Å². The van der Waals surface area contributed by atoms with Gasteiger partial charge in [-0.05, 0) is 62.8 Å². The number of nitrogens with zero attached hydrogens (tertiary/aromatic N) is 2. The van der Waals surface area contributed by atoms with Gasteiger partial charge < -0.3 is 19.7 Å². The van der Waals surface area contributed by atoms with Crippen molar-refractivity contribution in [2.75, 3.05) is 6.61 Å². The predicted molar refractivity (Wildman–Crippen MR) is 147 cm³/mol. The number of aromatic nitrogens is 2. The summed E-state index contributed by atoms with van der Waals surface area (Å²) in [4.78, 5) is 16.9. The maximum Gasteiger partial charge on any atom is 0.246 e. The van der Waals surface area contributed by atoms with Crippen LogP contribution in [0.25, 0.3) is 11.0 Å². The second kappa shape index (κ2) is 15.1. The Morgan fingerprint density at radius 1 is 1.34 bits per heavy atom. The number of aryl methyl sites for hydroxylation is 1. The Morgan fingerprint density at radius 3 is 2.54 bits per heavy atom. The smallest absolute Gasteiger partial charge is 0.246 e. The zero-order chi connectivity index (χ0) is 26.5. The molecule has 2 aromatic rings. The molecule has 35 heavy (non-hydrogen) atoms. The summed E-state index contributed by atoms with van der Waals surface area (Å²) in [5.41, 5.74) is 4.17. The summed E-state index contributed by atoms with van der Waals surface area (Å²) in [6.07, 6.45) is 6.57. The van der Waals surface area contributed by atoms with Crippen molar-refractivity contribution < 1.29 is 14.6 Å². The quantitative estimate of drug-likeness (QED) is 0.251. The average Bonchev–Trinajstić information content (AvgIpc) is 3.20. The normalized spacial score (nSPS) is 17.5. The van der Waals surface area contributed by atoms with E-state index in [1.54, 1.807) is 6.92 Å². The molecule has 2 atom stereocenters. The Bertz CT molecular complexity index is 1000. The number of carbonyl (C=O) groups is 1. The zero-order valence-electron chi connectivity index (χ0n) is 22.7. The molecule has 3 rings (SSSR count). The SMILES string of the molecule is C=C(C)C(=O)NC1CCCC(c2nc3cc(C(C)C)ccc3n2C)C1.C=C/C(=C/O)OCC.CC. The lowest BCUT2D eigenvalue weighted by atomic mass is 9.85. The second-order valence-corrected chi connectivity index (χ2v) is 8.91. The summed E-state index contributed by atoms with van der Waals surface area (Å²) in [7, 11) is 2.11. The summed E-state index contributed by atoms with van der Waals surface area (Å²) < 4.78 is 7.06. The van der Waals surface area contributed by atoms with E-state index in [2.05, 4.69) is 62.1 Å². The van der Waals surface area contributed by atoms with Gasteiger partial charge in [0.25, 0.3) is 0 Å². The third-order valence-electron chi connectivity index (χ3n) is 6.01. The first-order chi connectivity index (χ1) is 16.7. The summed E-state index contributed by atoms with van der Waals surface area (Å²) in [5, 5.41) is 11.4. The fourth-order valence-electron chi connectivity index (χ4n) is 4.14. The predicted octanol–water partition coefficient (Wildman–Crippen LogP) is 7.05. The number of hydrogen-bond donors (Lipinski definition) is 2. The van der Waals surface area contributed by atoms with Gasteiger partial charge in [-0.15, -0.1) is 0 Å². The lowest BCUT2D eigenvalue weighted by Crippen LogP contribution is -2.38. The number of aliphatic hydroxyl groups is 1. The molecule has 2 N–H and O–H groups in total. The molecule has 1 aromatic carbocycles. The van der Waals surface area contributed by atoms with Gasteiger partial charge in [0.05, 0.1) is 17.6 Å². The van der Waals surface area contributed by atoms with Crippen molar-refractivity contribution in [3.05, 3.63) is 66.4 Å². The first-order valence-electron chi connectivity index (χ1n) is 12.7. The molecule has 6 nitrogen and oxygen atoms in total. The number of benzene rings is 1. The number of amides is 1. The van der Waals surface area contributed by atoms with Crippen LogP contribution in [0.5, 0.6) is 0 Å². The van der Waals surface area contributed by atoms with Crippen molar-refractivity contribution in [2.24, 2.45) is 7.05 Å². The maximum absolute atomic E-state index is 11.9. The number of imidazole rings is 1. The van der Waals surface area contributed by atoms with Crippen molar-refractivity contribution in [3.8, 4) is 0 Å². The molecule has 1 heterocycles. The first kappa shape index (κ1) is 30.0. The Morgan fingerprint density at radius 2 is 2.03 bits per heavy atom. The highest BCUT2D eigenvalue weighted by molar-refractivity contribution is 5.92. The van der Waals surface area contributed by atoms with Crippen LogP contribution in [0.15, 0.2) is 55.0 Å². The van der Waals surface area contributed by atoms with Gasteiger partial charge in [-0.1, -0.05) is 53.3 Å². The van der Waals surface area contributed by atoms with Crippen LogP contribution in [-0.4, -0.2) is 33.2 Å². The molecule has 1 amide bonds. The van der Waals surface area contributed by atoms with Gasteiger partial charge in [0.15, 0.2) is 5.76 Å². The molecule has 1 aliphatic rings. The van der Waals surface area contributed by atoms with Crippen LogP contribution < -0.4 is 5.32 Å². The maximum atomic E-state index is 11.9. The summed E-state index contributed by atoms with van der Waals surface area (Å²) in [5.74, 6) is 2.42. The Balaban J connectivity index is 0.000000523. The molecular formula is C29H45N3O3. The van der Waals surface area contributed by atoms with Crippen LogP contribution >= 0.6 is 0 Å². The summed E-state index contributed by atoms with van der Waals surface area (Å²) in [6, 6.07) is 6.82. The van der Waals surface area contributed by atoms with Crippen LogP contribution in [0.3, 0.4) is 0 Å². The molecule has 1 aliphatic carbocycles. The molecule has 1 saturated carbocycles. The number of rotatable bonds is 7. The Kier molecular flexibility index (Phi) is 12.9. The van der Waals surface area contributed by atoms with Gasteiger partial charge in [0.1, 0.15) is 12.1 Å². The minimum Gasteiger partial charge on any atom is -0.512 e. The van der Waals surface area contributed by atoms with Gasteiger partial charge in [0, 0.05) is 24.6 Å². The van der Waals surface area contributed by atoms with Crippen molar-refractivity contribution in [1.29, 1.82) is 0 Å². The van der Waals surface area contributed by atoms with E-state index in [0.717, 1.165) is 43.3 Å². The van der Waals surface area contributed by atoms with E-state index in [4.69, 9.17) is 14.8 Å². The number of hydrogen-bond acceptors (Lipinski definition) is 4. The highest BCUT2D eigenvalue weighted by Crippen LogP contribution is 2.34. The number of nitrogens with one attached hydrogen (secondary N) is 1. The average molecular weight is 484 g/mol. The van der Waals surface area contributed by atoms with Crippen LogP contribution in [0.2, 0.25) is 0 Å². The molecule has 2 unspecified atom stereocenters. The van der Waals surface area contributed by atoms with E-state index in [1.165, 1.54) is 17.2 Å². The lowest BCUT2D eigenvalue weighted by Gasteiger charge is -2.29. The minimum atomic E-state index is -0.0303. The third-order valence-corrected chi connectivity index (χ3v) is 6.01. The van der Waals surface area contributed by atoms with E-state index in [0.29, 0.717) is 29.8 Å². The topological polar surface area (TPSA) is 76.4 Å². The molecule has 0 spiro atoms. The number of carbonyl (C=O) groups excluding carboxylic acids is 1. The van der Waals surface area contributed by atoms with Crippen LogP contribution in [0, 0.1) is 0 Å². The first-order valence-corrected chi connectivity index (χ1v) is 12.7. The molecule has 6 heteroatoms. The highest BCUT2D eigenvalue weighted by atomic mass is 16.5. The van der Waals surface area contributed by atoms with Crippen LogP contribution in [0.4, 0.5) is 0 Å². The fourth-order valence-corrected chi connectivity index (χ4v) is 4.14. The number of aliphatic hydroxyl groups excluding tert-OH is 1. The standard InChI is InChI=1S/C21H29N3O.C6H10O2.C2H6/c1-13(2)15-9-10-19-18(12-15)23-20(24(19)5)16-7-6-8-17(11-16)22-21(25)14(3)4;1-3-6(5-7)8-4-2;1-2/h9-10,12-13,16-17H,3,6-8,11H2,1-2,4-5H3,(H,22,25);3,5,7H,1,4H2,2H3;1-2H3/b;6-5-;. The molecule has 1 fully saturated rings. The summed E-state index contributed by atoms with van der Waals surface area (Å²) in [6.45, 7) is 19.7. The molecule has 194 valence electrons. The fraction of sp³-hybridized carbons (Fsp3) is 0.517. The summed E-state index contributed by atoms with van der Waals surface area (Å²) >= 11 is 0. The second-order valence-electron chi connectivity index (χ2n) is 8.91. The van der Waals surface area contributed by atoms with Crippen molar-refractivity contribution in [2.45, 2.75) is 85.1 Å². The third kappa shape index (κ3) is 8.61. The molecule has 0 bridgehead atoms. The molecule has 0 aliphatic heterocycles. The molecule has 1 aromatic heterocycles.